The van der Waals surface area contributed by atoms with Crippen molar-refractivity contribution >= 4 is 38.9 Å². The van der Waals surface area contributed by atoms with Crippen LogP contribution in [0.3, 0.4) is 0 Å². The molecule has 2 aromatic rings. The predicted octanol–water partition coefficient (Wildman–Crippen LogP) is 2.90. The molecule has 0 bridgehead atoms. The van der Waals surface area contributed by atoms with Crippen molar-refractivity contribution < 1.29 is 17.9 Å². The van der Waals surface area contributed by atoms with Crippen molar-refractivity contribution in [2.24, 2.45) is 5.92 Å². The highest BCUT2D eigenvalue weighted by Crippen LogP contribution is 2.58. The smallest absolute Gasteiger partial charge is 0.250 e. The topological polar surface area (TPSA) is 75.7 Å². The third-order valence-corrected chi connectivity index (χ3v) is 7.83. The lowest BCUT2D eigenvalue weighted by Gasteiger charge is -2.23. The van der Waals surface area contributed by atoms with E-state index in [0.717, 1.165) is 0 Å². The molecule has 1 aliphatic heterocycles. The number of amides is 1. The number of rotatable bonds is 4. The summed E-state index contributed by atoms with van der Waals surface area (Å²) in [6.07, 6.45) is 0.349. The van der Waals surface area contributed by atoms with Gasteiger partial charge >= 0.3 is 0 Å². The normalized spacial score (nSPS) is 25.5. The number of halogens is 1. The van der Waals surface area contributed by atoms with Crippen molar-refractivity contribution in [3.63, 3.8) is 0 Å². The summed E-state index contributed by atoms with van der Waals surface area (Å²) in [6, 6.07) is 13.4. The van der Waals surface area contributed by atoms with Gasteiger partial charge in [-0.1, -0.05) is 11.6 Å². The Morgan fingerprint density at radius 1 is 1.19 bits per heavy atom. The van der Waals surface area contributed by atoms with Crippen LogP contribution in [0.15, 0.2) is 48.5 Å². The summed E-state index contributed by atoms with van der Waals surface area (Å²) < 4.78 is 31.2. The number of carbonyl (C=O) groups is 1. The first-order valence-corrected chi connectivity index (χ1v) is 9.93. The van der Waals surface area contributed by atoms with Crippen LogP contribution in [0.5, 0.6) is 5.75 Å². The van der Waals surface area contributed by atoms with Gasteiger partial charge in [0, 0.05) is 23.2 Å². The van der Waals surface area contributed by atoms with Gasteiger partial charge in [-0.25, -0.2) is 8.42 Å². The molecule has 2 atom stereocenters. The lowest BCUT2D eigenvalue weighted by molar-refractivity contribution is -0.116. The maximum absolute atomic E-state index is 13.1. The predicted molar refractivity (Wildman–Crippen MR) is 100 cm³/mol. The fourth-order valence-electron chi connectivity index (χ4n) is 3.49. The molecule has 1 N–H and O–H groups in total. The SMILES string of the molecule is COc1ccc(NC(=O)C23CC2CN(c2ccc(Cl)cc2)S3(=O)=O)cc1. The van der Waals surface area contributed by atoms with E-state index < -0.39 is 20.7 Å². The molecule has 4 rings (SSSR count). The summed E-state index contributed by atoms with van der Waals surface area (Å²) in [5, 5.41) is 3.26. The standard InChI is InChI=1S/C18H17ClN2O4S/c1-25-16-8-4-14(5-9-16)20-17(22)18-10-12(18)11-21(26(18,23)24)15-6-2-13(19)3-7-15/h2-9,12H,10-11H2,1H3,(H,20,22). The van der Waals surface area contributed by atoms with Crippen LogP contribution >= 0.6 is 11.6 Å². The van der Waals surface area contributed by atoms with Crippen LogP contribution in [0.4, 0.5) is 11.4 Å². The second-order valence-corrected chi connectivity index (χ2v) is 9.04. The van der Waals surface area contributed by atoms with Crippen molar-refractivity contribution in [3.8, 4) is 5.75 Å². The molecule has 1 heterocycles. The average Bonchev–Trinajstić information content (AvgIpc) is 3.32. The third kappa shape index (κ3) is 2.46. The number of nitrogens with one attached hydrogen (secondary N) is 1. The van der Waals surface area contributed by atoms with E-state index in [1.807, 2.05) is 0 Å². The Kier molecular flexibility index (Phi) is 3.89. The van der Waals surface area contributed by atoms with Crippen molar-refractivity contribution in [1.29, 1.82) is 0 Å². The lowest BCUT2D eigenvalue weighted by atomic mass is 10.2. The highest BCUT2D eigenvalue weighted by atomic mass is 35.5. The fourth-order valence-corrected chi connectivity index (χ4v) is 5.98. The molecule has 0 aromatic heterocycles. The molecule has 1 amide bonds. The molecule has 2 fully saturated rings. The summed E-state index contributed by atoms with van der Waals surface area (Å²) in [5.41, 5.74) is 1.06. The highest BCUT2D eigenvalue weighted by Gasteiger charge is 2.75. The van der Waals surface area contributed by atoms with Gasteiger partial charge in [0.2, 0.25) is 15.9 Å². The van der Waals surface area contributed by atoms with E-state index in [0.29, 0.717) is 35.1 Å². The van der Waals surface area contributed by atoms with Crippen LogP contribution < -0.4 is 14.4 Å². The highest BCUT2D eigenvalue weighted by molar-refractivity contribution is 7.95. The van der Waals surface area contributed by atoms with Gasteiger partial charge in [-0.15, -0.1) is 0 Å². The lowest BCUT2D eigenvalue weighted by Crippen LogP contribution is -2.42. The maximum atomic E-state index is 13.1. The summed E-state index contributed by atoms with van der Waals surface area (Å²) in [6.45, 7) is 0.306. The largest absolute Gasteiger partial charge is 0.497 e. The van der Waals surface area contributed by atoms with Gasteiger partial charge in [0.15, 0.2) is 4.75 Å². The Hall–Kier alpha value is -2.25. The molecule has 6 nitrogen and oxygen atoms in total. The van der Waals surface area contributed by atoms with E-state index in [1.54, 1.807) is 55.6 Å². The van der Waals surface area contributed by atoms with E-state index in [-0.39, 0.29) is 5.92 Å². The number of hydrogen-bond acceptors (Lipinski definition) is 4. The first-order chi connectivity index (χ1) is 12.4. The number of sulfonamides is 1. The summed E-state index contributed by atoms with van der Waals surface area (Å²) in [4.78, 5) is 12.8. The Labute approximate surface area is 156 Å². The molecule has 2 aromatic carbocycles. The average molecular weight is 393 g/mol. The molecule has 1 saturated heterocycles. The quantitative estimate of drug-likeness (QED) is 0.868. The number of methoxy groups -OCH3 is 1. The zero-order chi connectivity index (χ0) is 18.5. The number of fused-ring (bicyclic) bond motifs is 1. The Morgan fingerprint density at radius 2 is 1.85 bits per heavy atom. The van der Waals surface area contributed by atoms with E-state index in [1.165, 1.54) is 4.31 Å². The molecular formula is C18H17ClN2O4S. The minimum Gasteiger partial charge on any atom is -0.497 e. The summed E-state index contributed by atoms with van der Waals surface area (Å²) in [7, 11) is -2.24. The second-order valence-electron chi connectivity index (χ2n) is 6.49. The number of benzene rings is 2. The molecule has 0 spiro atoms. The van der Waals surface area contributed by atoms with Gasteiger partial charge < -0.3 is 10.1 Å². The van der Waals surface area contributed by atoms with Gasteiger partial charge in [-0.2, -0.15) is 0 Å². The van der Waals surface area contributed by atoms with E-state index in [4.69, 9.17) is 16.3 Å². The van der Waals surface area contributed by atoms with Gasteiger partial charge in [0.05, 0.1) is 12.8 Å². The first kappa shape index (κ1) is 17.2. The fraction of sp³-hybridized carbons (Fsp3) is 0.278. The molecule has 26 heavy (non-hydrogen) atoms. The minimum absolute atomic E-state index is 0.207. The molecular weight excluding hydrogens is 376 g/mol. The molecule has 136 valence electrons. The van der Waals surface area contributed by atoms with Crippen molar-refractivity contribution in [2.45, 2.75) is 11.2 Å². The molecule has 1 aliphatic carbocycles. The van der Waals surface area contributed by atoms with Crippen LogP contribution in [0, 0.1) is 5.92 Å². The number of nitrogens with zero attached hydrogens (tertiary/aromatic N) is 1. The number of ether oxygens (including phenoxy) is 1. The number of anilines is 2. The monoisotopic (exact) mass is 392 g/mol. The summed E-state index contributed by atoms with van der Waals surface area (Å²) in [5.74, 6) is -0.0292. The Balaban J connectivity index is 1.58. The first-order valence-electron chi connectivity index (χ1n) is 8.12. The molecule has 2 aliphatic rings. The van der Waals surface area contributed by atoms with Crippen LogP contribution in [-0.2, 0) is 14.8 Å². The van der Waals surface area contributed by atoms with E-state index >= 15 is 0 Å². The molecule has 1 saturated carbocycles. The minimum atomic E-state index is -3.80. The number of carbonyl (C=O) groups excluding carboxylic acids is 1. The number of hydrogen-bond donors (Lipinski definition) is 1. The Morgan fingerprint density at radius 3 is 2.46 bits per heavy atom. The maximum Gasteiger partial charge on any atom is 0.250 e. The van der Waals surface area contributed by atoms with Crippen molar-refractivity contribution in [3.05, 3.63) is 53.6 Å². The van der Waals surface area contributed by atoms with E-state index in [9.17, 15) is 13.2 Å². The van der Waals surface area contributed by atoms with Gasteiger partial charge in [0.25, 0.3) is 0 Å². The Bertz CT molecular complexity index is 960. The zero-order valence-corrected chi connectivity index (χ0v) is 15.5. The molecule has 8 heteroatoms. The summed E-state index contributed by atoms with van der Waals surface area (Å²) >= 11 is 5.88. The van der Waals surface area contributed by atoms with Gasteiger partial charge in [-0.3, -0.25) is 9.10 Å². The van der Waals surface area contributed by atoms with E-state index in [2.05, 4.69) is 5.32 Å². The van der Waals surface area contributed by atoms with Crippen LogP contribution in [0.25, 0.3) is 0 Å². The van der Waals surface area contributed by atoms with Gasteiger partial charge in [0.1, 0.15) is 5.75 Å². The van der Waals surface area contributed by atoms with Crippen LogP contribution in [0.1, 0.15) is 6.42 Å². The van der Waals surface area contributed by atoms with Crippen LogP contribution in [-0.4, -0.2) is 32.7 Å². The van der Waals surface area contributed by atoms with Gasteiger partial charge in [-0.05, 0) is 55.0 Å². The second kappa shape index (κ2) is 5.89. The zero-order valence-electron chi connectivity index (χ0n) is 14.0. The third-order valence-electron chi connectivity index (χ3n) is 5.03. The molecule has 2 unspecified atom stereocenters. The molecule has 0 radical (unpaired) electrons. The van der Waals surface area contributed by atoms with Crippen LogP contribution in [0.2, 0.25) is 5.02 Å². The van der Waals surface area contributed by atoms with Crippen molar-refractivity contribution in [2.75, 3.05) is 23.3 Å². The van der Waals surface area contributed by atoms with Crippen molar-refractivity contribution in [1.82, 2.24) is 0 Å².